The number of benzene rings is 1. The highest BCUT2D eigenvalue weighted by Gasteiger charge is 2.36. The third kappa shape index (κ3) is 6.01. The smallest absolute Gasteiger partial charge is 0.345 e. The average molecular weight is 475 g/mol. The van der Waals surface area contributed by atoms with Crippen molar-refractivity contribution in [2.24, 2.45) is 10.2 Å². The van der Waals surface area contributed by atoms with Gasteiger partial charge in [-0.15, -0.1) is 5.10 Å². The summed E-state index contributed by atoms with van der Waals surface area (Å²) in [5, 5.41) is 8.22. The molecular weight excluding hydrogens is 445 g/mol. The molecule has 0 aromatic heterocycles. The van der Waals surface area contributed by atoms with Gasteiger partial charge in [0.15, 0.2) is 0 Å². The van der Waals surface area contributed by atoms with Gasteiger partial charge < -0.3 is 9.80 Å². The number of hydrogen-bond donors (Lipinski definition) is 0. The first-order valence-electron chi connectivity index (χ1n) is 11.3. The molecule has 0 saturated carbocycles. The summed E-state index contributed by atoms with van der Waals surface area (Å²) in [5.41, 5.74) is 1.26. The molecule has 0 radical (unpaired) electrons. The van der Waals surface area contributed by atoms with Crippen LogP contribution in [0.25, 0.3) is 0 Å². The maximum atomic E-state index is 13.4. The Morgan fingerprint density at radius 2 is 1.76 bits per heavy atom. The normalized spacial score (nSPS) is 18.1. The van der Waals surface area contributed by atoms with Crippen molar-refractivity contribution in [2.75, 3.05) is 27.2 Å². The van der Waals surface area contributed by atoms with Crippen molar-refractivity contribution in [3.8, 4) is 0 Å². The Hall–Kier alpha value is -3.23. The van der Waals surface area contributed by atoms with E-state index in [1.807, 2.05) is 0 Å². The van der Waals surface area contributed by atoms with E-state index in [4.69, 9.17) is 0 Å². The molecule has 0 unspecified atom stereocenters. The highest BCUT2D eigenvalue weighted by molar-refractivity contribution is 6.39. The minimum Gasteiger partial charge on any atom is -0.345 e. The topological polar surface area (TPSA) is 65.3 Å². The summed E-state index contributed by atoms with van der Waals surface area (Å²) in [4.78, 5) is 28.1. The summed E-state index contributed by atoms with van der Waals surface area (Å²) in [6, 6.07) is 5.67. The molecule has 1 aromatic carbocycles. The second-order valence-corrected chi connectivity index (χ2v) is 8.57. The molecule has 182 valence electrons. The van der Waals surface area contributed by atoms with Gasteiger partial charge in [-0.05, 0) is 55.9 Å². The first-order valence-corrected chi connectivity index (χ1v) is 11.3. The minimum atomic E-state index is -4.39. The molecule has 2 aliphatic heterocycles. The van der Waals surface area contributed by atoms with Crippen molar-refractivity contribution in [1.29, 1.82) is 0 Å². The zero-order valence-corrected chi connectivity index (χ0v) is 19.6. The van der Waals surface area contributed by atoms with Crippen LogP contribution in [0.4, 0.5) is 13.2 Å². The van der Waals surface area contributed by atoms with Gasteiger partial charge in [-0.2, -0.15) is 18.3 Å². The van der Waals surface area contributed by atoms with Crippen molar-refractivity contribution in [3.05, 3.63) is 59.2 Å². The van der Waals surface area contributed by atoms with Gasteiger partial charge in [-0.3, -0.25) is 9.59 Å². The van der Waals surface area contributed by atoms with Crippen molar-refractivity contribution in [2.45, 2.75) is 44.7 Å². The fourth-order valence-electron chi connectivity index (χ4n) is 4.16. The number of likely N-dealkylation sites (N-methyl/N-ethyl adjacent to an activating group) is 1. The quantitative estimate of drug-likeness (QED) is 0.463. The Morgan fingerprint density at radius 1 is 1.09 bits per heavy atom. The maximum Gasteiger partial charge on any atom is 0.416 e. The number of alkyl halides is 3. The van der Waals surface area contributed by atoms with Crippen LogP contribution in [0.1, 0.15) is 49.7 Å². The number of likely N-dealkylation sites (tertiary alicyclic amines) is 1. The highest BCUT2D eigenvalue weighted by atomic mass is 19.4. The van der Waals surface area contributed by atoms with Crippen LogP contribution in [0.3, 0.4) is 0 Å². The zero-order valence-electron chi connectivity index (χ0n) is 19.6. The number of rotatable bonds is 5. The molecule has 1 fully saturated rings. The Balaban J connectivity index is 1.61. The highest BCUT2D eigenvalue weighted by Crippen LogP contribution is 2.38. The van der Waals surface area contributed by atoms with Crippen LogP contribution in [0.2, 0.25) is 0 Å². The summed E-state index contributed by atoms with van der Waals surface area (Å²) in [6.45, 7) is 2.54. The number of piperidine rings is 1. The average Bonchev–Trinajstić information content (AvgIpc) is 2.83. The van der Waals surface area contributed by atoms with Crippen molar-refractivity contribution in [3.63, 3.8) is 0 Å². The first kappa shape index (κ1) is 25.4. The Kier molecular flexibility index (Phi) is 8.06. The molecule has 0 bridgehead atoms. The van der Waals surface area contributed by atoms with Gasteiger partial charge in [0.25, 0.3) is 11.8 Å². The van der Waals surface area contributed by atoms with E-state index in [-0.39, 0.29) is 17.7 Å². The molecule has 3 rings (SSSR count). The summed E-state index contributed by atoms with van der Waals surface area (Å²) in [6.07, 6.45) is 2.62. The molecule has 2 aliphatic rings. The molecule has 0 spiro atoms. The number of halogens is 3. The largest absolute Gasteiger partial charge is 0.416 e. The summed E-state index contributed by atoms with van der Waals surface area (Å²) >= 11 is 0. The zero-order chi connectivity index (χ0) is 24.9. The molecule has 9 heteroatoms. The van der Waals surface area contributed by atoms with Gasteiger partial charge in [0.2, 0.25) is 0 Å². The molecule has 2 heterocycles. The SMILES string of the molecule is C/C=C(\C=C/C1=NN=C(C(=O)N2CCC(c3ccccc3C(F)(F)F)CC2)CC1)C(=O)N(C)C. The second-order valence-electron chi connectivity index (χ2n) is 8.57. The maximum absolute atomic E-state index is 13.4. The van der Waals surface area contributed by atoms with E-state index in [1.54, 1.807) is 50.2 Å². The Labute approximate surface area is 197 Å². The van der Waals surface area contributed by atoms with Crippen LogP contribution < -0.4 is 0 Å². The van der Waals surface area contributed by atoms with Crippen molar-refractivity contribution < 1.29 is 22.8 Å². The lowest BCUT2D eigenvalue weighted by atomic mass is 9.86. The van der Waals surface area contributed by atoms with E-state index in [0.29, 0.717) is 61.3 Å². The van der Waals surface area contributed by atoms with Gasteiger partial charge in [0.1, 0.15) is 5.71 Å². The third-order valence-corrected chi connectivity index (χ3v) is 6.07. The lowest BCUT2D eigenvalue weighted by Crippen LogP contribution is -2.42. The molecule has 0 aliphatic carbocycles. The fraction of sp³-hybridized carbons (Fsp3) is 0.440. The molecule has 1 saturated heterocycles. The van der Waals surface area contributed by atoms with E-state index >= 15 is 0 Å². The minimum absolute atomic E-state index is 0.115. The molecule has 2 amide bonds. The van der Waals surface area contributed by atoms with Crippen LogP contribution in [-0.2, 0) is 15.8 Å². The Morgan fingerprint density at radius 3 is 2.32 bits per heavy atom. The van der Waals surface area contributed by atoms with Gasteiger partial charge in [0.05, 0.1) is 11.3 Å². The fourth-order valence-corrected chi connectivity index (χ4v) is 4.16. The van der Waals surface area contributed by atoms with E-state index in [2.05, 4.69) is 10.2 Å². The number of carbonyl (C=O) groups excluding carboxylic acids is 2. The number of allylic oxidation sites excluding steroid dienone is 2. The molecule has 1 aromatic rings. The monoisotopic (exact) mass is 474 g/mol. The van der Waals surface area contributed by atoms with Gasteiger partial charge in [0, 0.05) is 39.2 Å². The number of amides is 2. The first-order chi connectivity index (χ1) is 16.1. The predicted molar refractivity (Wildman–Crippen MR) is 126 cm³/mol. The van der Waals surface area contributed by atoms with E-state index in [0.717, 1.165) is 6.07 Å². The standard InChI is InChI=1S/C25H29F3N4O2/c1-4-17(23(33)31(2)3)9-10-19-11-12-22(30-29-19)24(34)32-15-13-18(14-16-32)20-7-5-6-8-21(20)25(26,27)28/h4-10,18H,11-16H2,1-3H3/b10-9-,17-4+. The number of hydrogen-bond acceptors (Lipinski definition) is 4. The van der Waals surface area contributed by atoms with E-state index < -0.39 is 11.7 Å². The Bertz CT molecular complexity index is 1050. The van der Waals surface area contributed by atoms with Crippen LogP contribution in [0, 0.1) is 0 Å². The lowest BCUT2D eigenvalue weighted by molar-refractivity contribution is -0.138. The number of carbonyl (C=O) groups is 2. The summed E-state index contributed by atoms with van der Waals surface area (Å²) in [7, 11) is 3.36. The van der Waals surface area contributed by atoms with Gasteiger partial charge in [-0.25, -0.2) is 0 Å². The van der Waals surface area contributed by atoms with Crippen LogP contribution in [0.5, 0.6) is 0 Å². The van der Waals surface area contributed by atoms with Gasteiger partial charge >= 0.3 is 6.18 Å². The van der Waals surface area contributed by atoms with E-state index in [1.165, 1.54) is 17.0 Å². The lowest BCUT2D eigenvalue weighted by Gasteiger charge is -2.33. The molecule has 0 atom stereocenters. The molecule has 34 heavy (non-hydrogen) atoms. The predicted octanol–water partition coefficient (Wildman–Crippen LogP) is 4.59. The van der Waals surface area contributed by atoms with Crippen LogP contribution in [0.15, 0.2) is 58.3 Å². The molecule has 0 N–H and O–H groups in total. The second kappa shape index (κ2) is 10.8. The molecule has 6 nitrogen and oxygen atoms in total. The third-order valence-electron chi connectivity index (χ3n) is 6.07. The number of nitrogens with zero attached hydrogens (tertiary/aromatic N) is 4. The van der Waals surface area contributed by atoms with Crippen molar-refractivity contribution >= 4 is 23.2 Å². The molecular formula is C25H29F3N4O2. The van der Waals surface area contributed by atoms with Crippen LogP contribution >= 0.6 is 0 Å². The summed E-state index contributed by atoms with van der Waals surface area (Å²) < 4.78 is 40.1. The summed E-state index contributed by atoms with van der Waals surface area (Å²) in [5.74, 6) is -0.572. The van der Waals surface area contributed by atoms with E-state index in [9.17, 15) is 22.8 Å². The van der Waals surface area contributed by atoms with Crippen LogP contribution in [-0.4, -0.2) is 60.2 Å². The van der Waals surface area contributed by atoms with Gasteiger partial charge in [-0.1, -0.05) is 24.3 Å². The van der Waals surface area contributed by atoms with Crippen molar-refractivity contribution in [1.82, 2.24) is 9.80 Å².